The van der Waals surface area contributed by atoms with Crippen molar-refractivity contribution in [3.63, 3.8) is 0 Å². The molecule has 0 aromatic heterocycles. The lowest BCUT2D eigenvalue weighted by Gasteiger charge is -2.08. The monoisotopic (exact) mass is 196 g/mol. The maximum atomic E-state index is 9.69. The van der Waals surface area contributed by atoms with Crippen LogP contribution in [0, 0.1) is 5.92 Å². The number of hydrogen-bond donors (Lipinski definition) is 1. The van der Waals surface area contributed by atoms with Crippen LogP contribution in [0.3, 0.4) is 0 Å². The van der Waals surface area contributed by atoms with Crippen molar-refractivity contribution in [3.05, 3.63) is 34.9 Å². The molecule has 2 heteroatoms. The van der Waals surface area contributed by atoms with E-state index in [0.29, 0.717) is 5.92 Å². The van der Waals surface area contributed by atoms with Gasteiger partial charge in [-0.3, -0.25) is 0 Å². The first kappa shape index (κ1) is 9.04. The summed E-state index contributed by atoms with van der Waals surface area (Å²) < 4.78 is 0. The fourth-order valence-corrected chi connectivity index (χ4v) is 1.77. The average molecular weight is 197 g/mol. The van der Waals surface area contributed by atoms with Gasteiger partial charge in [-0.2, -0.15) is 0 Å². The van der Waals surface area contributed by atoms with Gasteiger partial charge >= 0.3 is 0 Å². The molecule has 1 unspecified atom stereocenters. The van der Waals surface area contributed by atoms with Gasteiger partial charge in [-0.05, 0) is 42.9 Å². The van der Waals surface area contributed by atoms with Crippen LogP contribution in [-0.4, -0.2) is 11.2 Å². The van der Waals surface area contributed by atoms with E-state index < -0.39 is 0 Å². The van der Waals surface area contributed by atoms with Gasteiger partial charge in [0.05, 0.1) is 6.10 Å². The lowest BCUT2D eigenvalue weighted by Crippen LogP contribution is -2.12. The van der Waals surface area contributed by atoms with Gasteiger partial charge in [0.15, 0.2) is 0 Å². The minimum atomic E-state index is -0.168. The van der Waals surface area contributed by atoms with Crippen LogP contribution in [0.1, 0.15) is 18.4 Å². The molecule has 0 heterocycles. The Hall–Kier alpha value is -0.530. The summed E-state index contributed by atoms with van der Waals surface area (Å²) in [6, 6.07) is 7.72. The number of halogens is 1. The summed E-state index contributed by atoms with van der Waals surface area (Å²) >= 11 is 5.84. The predicted molar refractivity (Wildman–Crippen MR) is 53.9 cm³/mol. The van der Waals surface area contributed by atoms with Crippen LogP contribution in [0.2, 0.25) is 5.02 Å². The molecule has 0 bridgehead atoms. The molecule has 0 saturated heterocycles. The summed E-state index contributed by atoms with van der Waals surface area (Å²) in [4.78, 5) is 0. The second kappa shape index (κ2) is 3.69. The molecule has 0 radical (unpaired) electrons. The fourth-order valence-electron chi connectivity index (χ4n) is 1.55. The maximum Gasteiger partial charge on any atom is 0.0608 e. The third kappa shape index (κ3) is 2.45. The van der Waals surface area contributed by atoms with Crippen molar-refractivity contribution >= 4 is 11.6 Å². The molecule has 13 heavy (non-hydrogen) atoms. The predicted octanol–water partition coefficient (Wildman–Crippen LogP) is 2.65. The molecule has 1 aromatic rings. The zero-order chi connectivity index (χ0) is 9.26. The lowest BCUT2D eigenvalue weighted by atomic mass is 10.1. The van der Waals surface area contributed by atoms with Crippen molar-refractivity contribution in [2.45, 2.75) is 25.4 Å². The first-order valence-electron chi connectivity index (χ1n) is 4.68. The first-order chi connectivity index (χ1) is 6.25. The smallest absolute Gasteiger partial charge is 0.0608 e. The molecular weight excluding hydrogens is 184 g/mol. The Kier molecular flexibility index (Phi) is 2.56. The fraction of sp³-hybridized carbons (Fsp3) is 0.455. The normalized spacial score (nSPS) is 18.6. The van der Waals surface area contributed by atoms with Crippen molar-refractivity contribution in [2.24, 2.45) is 5.92 Å². The van der Waals surface area contributed by atoms with Crippen LogP contribution in [0.25, 0.3) is 0 Å². The van der Waals surface area contributed by atoms with E-state index in [2.05, 4.69) is 0 Å². The van der Waals surface area contributed by atoms with Gasteiger partial charge in [0.2, 0.25) is 0 Å². The Bertz CT molecular complexity index is 294. The Morgan fingerprint density at radius 1 is 1.46 bits per heavy atom. The molecule has 1 atom stereocenters. The van der Waals surface area contributed by atoms with Gasteiger partial charge in [-0.15, -0.1) is 0 Å². The Balaban J connectivity index is 2.00. The van der Waals surface area contributed by atoms with Crippen LogP contribution in [0.15, 0.2) is 24.3 Å². The van der Waals surface area contributed by atoms with Crippen molar-refractivity contribution in [3.8, 4) is 0 Å². The standard InChI is InChI=1S/C11H13ClO/c12-10-3-1-2-8(6-10)7-11(13)9-4-5-9/h1-3,6,9,11,13H,4-5,7H2. The molecule has 1 aliphatic carbocycles. The highest BCUT2D eigenvalue weighted by atomic mass is 35.5. The highest BCUT2D eigenvalue weighted by molar-refractivity contribution is 6.30. The van der Waals surface area contributed by atoms with Gasteiger partial charge in [-0.25, -0.2) is 0 Å². The SMILES string of the molecule is OC(Cc1cccc(Cl)c1)C1CC1. The highest BCUT2D eigenvalue weighted by Crippen LogP contribution is 2.34. The molecule has 1 saturated carbocycles. The molecular formula is C11H13ClO. The van der Waals surface area contributed by atoms with Gasteiger partial charge in [-0.1, -0.05) is 23.7 Å². The summed E-state index contributed by atoms with van der Waals surface area (Å²) in [7, 11) is 0. The van der Waals surface area contributed by atoms with Crippen molar-refractivity contribution in [2.75, 3.05) is 0 Å². The molecule has 2 rings (SSSR count). The average Bonchev–Trinajstić information content (AvgIpc) is 2.85. The van der Waals surface area contributed by atoms with Crippen LogP contribution in [-0.2, 0) is 6.42 Å². The number of benzene rings is 1. The van der Waals surface area contributed by atoms with Gasteiger partial charge in [0.1, 0.15) is 0 Å². The zero-order valence-electron chi connectivity index (χ0n) is 7.41. The Labute approximate surface area is 83.3 Å². The topological polar surface area (TPSA) is 20.2 Å². The van der Waals surface area contributed by atoms with Crippen LogP contribution >= 0.6 is 11.6 Å². The molecule has 1 aromatic carbocycles. The molecule has 1 fully saturated rings. The van der Waals surface area contributed by atoms with Crippen LogP contribution in [0.4, 0.5) is 0 Å². The van der Waals surface area contributed by atoms with Crippen LogP contribution in [0.5, 0.6) is 0 Å². The summed E-state index contributed by atoms with van der Waals surface area (Å²) in [5, 5.41) is 10.4. The first-order valence-corrected chi connectivity index (χ1v) is 5.06. The molecule has 70 valence electrons. The number of hydrogen-bond acceptors (Lipinski definition) is 1. The van der Waals surface area contributed by atoms with Crippen molar-refractivity contribution < 1.29 is 5.11 Å². The third-order valence-electron chi connectivity index (χ3n) is 2.50. The molecule has 0 spiro atoms. The summed E-state index contributed by atoms with van der Waals surface area (Å²) in [6.45, 7) is 0. The lowest BCUT2D eigenvalue weighted by molar-refractivity contribution is 0.151. The Morgan fingerprint density at radius 3 is 2.85 bits per heavy atom. The summed E-state index contributed by atoms with van der Waals surface area (Å²) in [5.41, 5.74) is 1.13. The molecule has 0 aliphatic heterocycles. The van der Waals surface area contributed by atoms with E-state index in [4.69, 9.17) is 11.6 Å². The second-order valence-corrected chi connectivity index (χ2v) is 4.18. The van der Waals surface area contributed by atoms with E-state index in [-0.39, 0.29) is 6.10 Å². The summed E-state index contributed by atoms with van der Waals surface area (Å²) in [6.07, 6.45) is 2.94. The van der Waals surface area contributed by atoms with E-state index >= 15 is 0 Å². The van der Waals surface area contributed by atoms with Gasteiger partial charge < -0.3 is 5.11 Å². The largest absolute Gasteiger partial charge is 0.392 e. The van der Waals surface area contributed by atoms with Gasteiger partial charge in [0, 0.05) is 5.02 Å². The van der Waals surface area contributed by atoms with E-state index in [9.17, 15) is 5.11 Å². The second-order valence-electron chi connectivity index (χ2n) is 3.74. The van der Waals surface area contributed by atoms with Crippen LogP contribution < -0.4 is 0 Å². The summed E-state index contributed by atoms with van der Waals surface area (Å²) in [5.74, 6) is 0.541. The minimum Gasteiger partial charge on any atom is -0.392 e. The van der Waals surface area contributed by atoms with E-state index in [1.165, 1.54) is 12.8 Å². The van der Waals surface area contributed by atoms with Crippen molar-refractivity contribution in [1.82, 2.24) is 0 Å². The zero-order valence-corrected chi connectivity index (χ0v) is 8.17. The third-order valence-corrected chi connectivity index (χ3v) is 2.74. The minimum absolute atomic E-state index is 0.168. The molecule has 0 amide bonds. The van der Waals surface area contributed by atoms with E-state index in [0.717, 1.165) is 17.0 Å². The number of aliphatic hydroxyl groups is 1. The molecule has 1 aliphatic rings. The molecule has 1 N–H and O–H groups in total. The maximum absolute atomic E-state index is 9.69. The van der Waals surface area contributed by atoms with Gasteiger partial charge in [0.25, 0.3) is 0 Å². The van der Waals surface area contributed by atoms with E-state index in [1.807, 2.05) is 24.3 Å². The van der Waals surface area contributed by atoms with E-state index in [1.54, 1.807) is 0 Å². The Morgan fingerprint density at radius 2 is 2.23 bits per heavy atom. The van der Waals surface area contributed by atoms with Crippen molar-refractivity contribution in [1.29, 1.82) is 0 Å². The highest BCUT2D eigenvalue weighted by Gasteiger charge is 2.29. The number of aliphatic hydroxyl groups excluding tert-OH is 1. The number of rotatable bonds is 3. The quantitative estimate of drug-likeness (QED) is 0.788. The molecule has 1 nitrogen and oxygen atoms in total.